The number of rotatable bonds is 8. The van der Waals surface area contributed by atoms with E-state index in [1.54, 1.807) is 32.9 Å². The molecule has 1 atom stereocenters. The number of amides is 3. The number of aromatic hydroxyl groups is 1. The van der Waals surface area contributed by atoms with Crippen LogP contribution in [0, 0.1) is 0 Å². The van der Waals surface area contributed by atoms with Crippen molar-refractivity contribution in [3.8, 4) is 5.75 Å². The van der Waals surface area contributed by atoms with Crippen LogP contribution < -0.4 is 10.6 Å². The number of carbonyl (C=O) groups is 3. The molecule has 0 aromatic heterocycles. The third-order valence-electron chi connectivity index (χ3n) is 4.69. The van der Waals surface area contributed by atoms with Crippen molar-refractivity contribution in [1.82, 2.24) is 15.5 Å². The number of hydrogen-bond donors (Lipinski definition) is 3. The number of hydrogen-bond acceptors (Lipinski definition) is 5. The fraction of sp³-hybridized carbons (Fsp3) is 0.609. The molecule has 1 aromatic carbocycles. The lowest BCUT2D eigenvalue weighted by Gasteiger charge is -2.43. The van der Waals surface area contributed by atoms with Gasteiger partial charge in [0.05, 0.1) is 0 Å². The summed E-state index contributed by atoms with van der Waals surface area (Å²) in [7, 11) is 0. The van der Waals surface area contributed by atoms with E-state index in [1.165, 1.54) is 17.0 Å². The zero-order chi connectivity index (χ0) is 24.0. The van der Waals surface area contributed by atoms with E-state index in [4.69, 9.17) is 4.74 Å². The molecule has 31 heavy (non-hydrogen) atoms. The molecule has 0 heterocycles. The monoisotopic (exact) mass is 435 g/mol. The normalized spacial score (nSPS) is 12.8. The summed E-state index contributed by atoms with van der Waals surface area (Å²) in [6, 6.07) is 5.16. The SMILES string of the molecule is CCC(C)(C)N(C(=O)CNC(=O)OC(C)(C)C)C(C(=O)NC(C)C)c1cccc(O)c1. The largest absolute Gasteiger partial charge is 0.508 e. The van der Waals surface area contributed by atoms with Crippen LogP contribution in [-0.4, -0.2) is 51.6 Å². The van der Waals surface area contributed by atoms with E-state index in [1.807, 2.05) is 34.6 Å². The number of benzene rings is 1. The number of ether oxygens (including phenoxy) is 1. The molecule has 0 saturated carbocycles. The predicted octanol–water partition coefficient (Wildman–Crippen LogP) is 3.50. The van der Waals surface area contributed by atoms with Gasteiger partial charge in [0.1, 0.15) is 23.9 Å². The molecule has 0 saturated heterocycles. The van der Waals surface area contributed by atoms with Crippen molar-refractivity contribution in [2.45, 2.75) is 85.0 Å². The van der Waals surface area contributed by atoms with Gasteiger partial charge in [-0.3, -0.25) is 9.59 Å². The highest BCUT2D eigenvalue weighted by atomic mass is 16.6. The Balaban J connectivity index is 3.33. The molecule has 0 aliphatic carbocycles. The zero-order valence-electron chi connectivity index (χ0n) is 19.9. The second-order valence-corrected chi connectivity index (χ2v) is 9.45. The standard InChI is InChI=1S/C23H37N3O5/c1-9-23(7,8)26(18(28)14-24-21(30)31-22(4,5)6)19(20(29)25-15(2)3)16-11-10-12-17(27)13-16/h10-13,15,19,27H,9,14H2,1-8H3,(H,24,30)(H,25,29). The maximum Gasteiger partial charge on any atom is 0.408 e. The maximum atomic E-state index is 13.3. The van der Waals surface area contributed by atoms with Gasteiger partial charge >= 0.3 is 6.09 Å². The highest BCUT2D eigenvalue weighted by Crippen LogP contribution is 2.32. The first-order valence-corrected chi connectivity index (χ1v) is 10.6. The maximum absolute atomic E-state index is 13.3. The lowest BCUT2D eigenvalue weighted by Crippen LogP contribution is -2.56. The second-order valence-electron chi connectivity index (χ2n) is 9.45. The summed E-state index contributed by atoms with van der Waals surface area (Å²) in [5, 5.41) is 15.3. The van der Waals surface area contributed by atoms with Crippen LogP contribution in [0.1, 0.15) is 73.4 Å². The average Bonchev–Trinajstić information content (AvgIpc) is 2.61. The molecule has 0 spiro atoms. The molecule has 3 amide bonds. The molecule has 1 rings (SSSR count). The van der Waals surface area contributed by atoms with E-state index in [0.29, 0.717) is 12.0 Å². The Morgan fingerprint density at radius 3 is 2.23 bits per heavy atom. The minimum absolute atomic E-state index is 0.00608. The molecular weight excluding hydrogens is 398 g/mol. The van der Waals surface area contributed by atoms with Gasteiger partial charge in [0.25, 0.3) is 0 Å². The lowest BCUT2D eigenvalue weighted by atomic mass is 9.92. The number of carbonyl (C=O) groups excluding carboxylic acids is 3. The van der Waals surface area contributed by atoms with Crippen LogP contribution in [0.25, 0.3) is 0 Å². The quantitative estimate of drug-likeness (QED) is 0.579. The van der Waals surface area contributed by atoms with E-state index >= 15 is 0 Å². The highest BCUT2D eigenvalue weighted by Gasteiger charge is 2.40. The Morgan fingerprint density at radius 2 is 1.74 bits per heavy atom. The van der Waals surface area contributed by atoms with E-state index < -0.39 is 29.2 Å². The topological polar surface area (TPSA) is 108 Å². The van der Waals surface area contributed by atoms with Gasteiger partial charge in [-0.25, -0.2) is 4.79 Å². The number of phenolic OH excluding ortho intramolecular Hbond substituents is 1. The average molecular weight is 436 g/mol. The van der Waals surface area contributed by atoms with Gasteiger partial charge in [0.15, 0.2) is 0 Å². The van der Waals surface area contributed by atoms with E-state index in [2.05, 4.69) is 10.6 Å². The summed E-state index contributed by atoms with van der Waals surface area (Å²) < 4.78 is 5.21. The third kappa shape index (κ3) is 8.11. The lowest BCUT2D eigenvalue weighted by molar-refractivity contribution is -0.147. The molecule has 0 radical (unpaired) electrons. The predicted molar refractivity (Wildman–Crippen MR) is 120 cm³/mol. The van der Waals surface area contributed by atoms with E-state index in [9.17, 15) is 19.5 Å². The van der Waals surface area contributed by atoms with Crippen molar-refractivity contribution in [2.24, 2.45) is 0 Å². The van der Waals surface area contributed by atoms with Crippen LogP contribution in [0.4, 0.5) is 4.79 Å². The Bertz CT molecular complexity index is 784. The molecule has 0 bridgehead atoms. The Morgan fingerprint density at radius 1 is 1.13 bits per heavy atom. The smallest absolute Gasteiger partial charge is 0.408 e. The van der Waals surface area contributed by atoms with Crippen LogP contribution in [0.5, 0.6) is 5.75 Å². The van der Waals surface area contributed by atoms with Crippen LogP contribution in [0.2, 0.25) is 0 Å². The van der Waals surface area contributed by atoms with Gasteiger partial charge in [-0.05, 0) is 72.6 Å². The highest BCUT2D eigenvalue weighted by molar-refractivity contribution is 5.91. The minimum Gasteiger partial charge on any atom is -0.508 e. The van der Waals surface area contributed by atoms with E-state index in [-0.39, 0.29) is 24.2 Å². The van der Waals surface area contributed by atoms with Crippen molar-refractivity contribution >= 4 is 17.9 Å². The summed E-state index contributed by atoms with van der Waals surface area (Å²) in [4.78, 5) is 40.0. The van der Waals surface area contributed by atoms with Gasteiger partial charge in [-0.15, -0.1) is 0 Å². The first-order valence-electron chi connectivity index (χ1n) is 10.6. The third-order valence-corrected chi connectivity index (χ3v) is 4.69. The van der Waals surface area contributed by atoms with Crippen molar-refractivity contribution in [1.29, 1.82) is 0 Å². The number of alkyl carbamates (subject to hydrolysis) is 1. The van der Waals surface area contributed by atoms with Gasteiger partial charge in [-0.1, -0.05) is 19.1 Å². The Kier molecular flexibility index (Phi) is 8.90. The summed E-state index contributed by atoms with van der Waals surface area (Å²) >= 11 is 0. The minimum atomic E-state index is -0.989. The number of nitrogens with zero attached hydrogens (tertiary/aromatic N) is 1. The van der Waals surface area contributed by atoms with Gasteiger partial charge in [0, 0.05) is 11.6 Å². The van der Waals surface area contributed by atoms with Crippen molar-refractivity contribution < 1.29 is 24.2 Å². The molecule has 1 unspecified atom stereocenters. The molecule has 0 aliphatic rings. The fourth-order valence-electron chi connectivity index (χ4n) is 3.02. The summed E-state index contributed by atoms with van der Waals surface area (Å²) in [5.74, 6) is -0.814. The first-order chi connectivity index (χ1) is 14.2. The zero-order valence-corrected chi connectivity index (χ0v) is 19.9. The number of nitrogens with one attached hydrogen (secondary N) is 2. The van der Waals surface area contributed by atoms with Crippen LogP contribution >= 0.6 is 0 Å². The Hall–Kier alpha value is -2.77. The van der Waals surface area contributed by atoms with Gasteiger partial charge in [-0.2, -0.15) is 0 Å². The Labute approximate surface area is 185 Å². The van der Waals surface area contributed by atoms with Crippen LogP contribution in [0.3, 0.4) is 0 Å². The van der Waals surface area contributed by atoms with Crippen LogP contribution in [-0.2, 0) is 14.3 Å². The fourth-order valence-corrected chi connectivity index (χ4v) is 3.02. The molecule has 1 aromatic rings. The second kappa shape index (κ2) is 10.5. The van der Waals surface area contributed by atoms with Gasteiger partial charge in [0.2, 0.25) is 11.8 Å². The van der Waals surface area contributed by atoms with Gasteiger partial charge < -0.3 is 25.4 Å². The molecule has 0 aliphatic heterocycles. The molecule has 8 heteroatoms. The van der Waals surface area contributed by atoms with Crippen molar-refractivity contribution in [3.05, 3.63) is 29.8 Å². The summed E-state index contributed by atoms with van der Waals surface area (Å²) in [6.07, 6.45) is -0.147. The molecular formula is C23H37N3O5. The van der Waals surface area contributed by atoms with Crippen LogP contribution in [0.15, 0.2) is 24.3 Å². The molecule has 0 fully saturated rings. The molecule has 174 valence electrons. The first kappa shape index (κ1) is 26.3. The number of phenols is 1. The van der Waals surface area contributed by atoms with Crippen molar-refractivity contribution in [3.63, 3.8) is 0 Å². The molecule has 8 nitrogen and oxygen atoms in total. The summed E-state index contributed by atoms with van der Waals surface area (Å²) in [6.45, 7) is 14.2. The van der Waals surface area contributed by atoms with Crippen molar-refractivity contribution in [2.75, 3.05) is 6.54 Å². The summed E-state index contributed by atoms with van der Waals surface area (Å²) in [5.41, 5.74) is -0.932. The molecule has 3 N–H and O–H groups in total. The van der Waals surface area contributed by atoms with E-state index in [0.717, 1.165) is 0 Å².